The molecule has 0 unspecified atom stereocenters. The average Bonchev–Trinajstić information content (AvgIpc) is 2.83. The predicted octanol–water partition coefficient (Wildman–Crippen LogP) is 1.50. The number of urea groups is 1. The highest BCUT2D eigenvalue weighted by Gasteiger charge is 2.28. The number of halogens is 1. The van der Waals surface area contributed by atoms with Gasteiger partial charge in [-0.25, -0.2) is 4.79 Å². The maximum atomic E-state index is 12.4. The molecule has 0 aliphatic carbocycles. The number of hydrogen-bond acceptors (Lipinski definition) is 2. The number of carbonyl (C=O) groups excluding carboxylic acids is 1. The highest BCUT2D eigenvalue weighted by molar-refractivity contribution is 5.94. The number of piperazine rings is 1. The number of fused-ring (bicyclic) bond motifs is 1. The van der Waals surface area contributed by atoms with E-state index in [-0.39, 0.29) is 18.4 Å². The topological polar surface area (TPSA) is 35.6 Å². The SMILES string of the molecule is Cl.O=C(N1CCNCC1)N1CCc2ccccc21. The van der Waals surface area contributed by atoms with Gasteiger partial charge >= 0.3 is 6.03 Å². The first kappa shape index (κ1) is 13.2. The third-order valence-corrected chi connectivity index (χ3v) is 3.51. The van der Waals surface area contributed by atoms with Crippen LogP contribution in [0.15, 0.2) is 24.3 Å². The van der Waals surface area contributed by atoms with Gasteiger partial charge in [-0.1, -0.05) is 18.2 Å². The van der Waals surface area contributed by atoms with Crippen molar-refractivity contribution in [3.05, 3.63) is 29.8 Å². The van der Waals surface area contributed by atoms with E-state index in [4.69, 9.17) is 0 Å². The summed E-state index contributed by atoms with van der Waals surface area (Å²) in [7, 11) is 0. The Morgan fingerprint density at radius 2 is 1.83 bits per heavy atom. The summed E-state index contributed by atoms with van der Waals surface area (Å²) in [6.07, 6.45) is 0.980. The molecule has 1 fully saturated rings. The highest BCUT2D eigenvalue weighted by Crippen LogP contribution is 2.28. The summed E-state index contributed by atoms with van der Waals surface area (Å²) in [5.41, 5.74) is 2.38. The second-order valence-corrected chi connectivity index (χ2v) is 4.55. The lowest BCUT2D eigenvalue weighted by atomic mass is 10.2. The van der Waals surface area contributed by atoms with Gasteiger partial charge in [-0.15, -0.1) is 12.4 Å². The van der Waals surface area contributed by atoms with Crippen LogP contribution >= 0.6 is 12.4 Å². The van der Waals surface area contributed by atoms with E-state index in [0.29, 0.717) is 0 Å². The molecule has 1 N–H and O–H groups in total. The Bertz CT molecular complexity index is 432. The first-order valence-corrected chi connectivity index (χ1v) is 6.21. The van der Waals surface area contributed by atoms with Gasteiger partial charge in [-0.3, -0.25) is 4.90 Å². The van der Waals surface area contributed by atoms with Gasteiger partial charge < -0.3 is 10.2 Å². The number of anilines is 1. The van der Waals surface area contributed by atoms with Gasteiger partial charge in [0.25, 0.3) is 0 Å². The van der Waals surface area contributed by atoms with Gasteiger partial charge in [0, 0.05) is 38.4 Å². The molecule has 0 radical (unpaired) electrons. The molecular formula is C13H18ClN3O. The van der Waals surface area contributed by atoms with Crippen LogP contribution in [0.1, 0.15) is 5.56 Å². The van der Waals surface area contributed by atoms with Crippen molar-refractivity contribution in [3.63, 3.8) is 0 Å². The maximum Gasteiger partial charge on any atom is 0.324 e. The Kier molecular flexibility index (Phi) is 4.09. The Morgan fingerprint density at radius 3 is 2.61 bits per heavy atom. The fourth-order valence-electron chi connectivity index (χ4n) is 2.56. The quantitative estimate of drug-likeness (QED) is 0.773. The lowest BCUT2D eigenvalue weighted by Gasteiger charge is -2.31. The maximum absolute atomic E-state index is 12.4. The van der Waals surface area contributed by atoms with E-state index in [1.165, 1.54) is 5.56 Å². The van der Waals surface area contributed by atoms with Crippen molar-refractivity contribution in [2.45, 2.75) is 6.42 Å². The predicted molar refractivity (Wildman–Crippen MR) is 74.6 cm³/mol. The van der Waals surface area contributed by atoms with Crippen LogP contribution in [0.4, 0.5) is 10.5 Å². The first-order chi connectivity index (χ1) is 8.36. The molecule has 3 rings (SSSR count). The second-order valence-electron chi connectivity index (χ2n) is 4.55. The van der Waals surface area contributed by atoms with Crippen molar-refractivity contribution in [2.75, 3.05) is 37.6 Å². The molecule has 0 saturated carbocycles. The zero-order valence-electron chi connectivity index (χ0n) is 10.3. The van der Waals surface area contributed by atoms with Crippen LogP contribution in [-0.2, 0) is 6.42 Å². The molecule has 0 atom stereocenters. The van der Waals surface area contributed by atoms with E-state index in [2.05, 4.69) is 11.4 Å². The summed E-state index contributed by atoms with van der Waals surface area (Å²) in [5.74, 6) is 0. The number of benzene rings is 1. The smallest absolute Gasteiger partial charge is 0.322 e. The Morgan fingerprint density at radius 1 is 1.11 bits per heavy atom. The fraction of sp³-hybridized carbons (Fsp3) is 0.462. The molecule has 0 bridgehead atoms. The molecule has 2 heterocycles. The molecule has 18 heavy (non-hydrogen) atoms. The minimum atomic E-state index is 0. The summed E-state index contributed by atoms with van der Waals surface area (Å²) >= 11 is 0. The third kappa shape index (κ3) is 2.31. The summed E-state index contributed by atoms with van der Waals surface area (Å²) in [5, 5.41) is 3.27. The standard InChI is InChI=1S/C13H17N3O.ClH/c17-13(15-9-6-14-7-10-15)16-8-5-11-3-1-2-4-12(11)16;/h1-4,14H,5-10H2;1H. The van der Waals surface area contributed by atoms with Crippen molar-refractivity contribution in [2.24, 2.45) is 0 Å². The average molecular weight is 268 g/mol. The van der Waals surface area contributed by atoms with Crippen molar-refractivity contribution in [1.82, 2.24) is 10.2 Å². The van der Waals surface area contributed by atoms with Crippen molar-refractivity contribution < 1.29 is 4.79 Å². The summed E-state index contributed by atoms with van der Waals surface area (Å²) in [6.45, 7) is 4.26. The number of amides is 2. The Hall–Kier alpha value is -1.26. The van der Waals surface area contributed by atoms with Crippen LogP contribution in [0.3, 0.4) is 0 Å². The molecule has 1 aromatic rings. The molecule has 98 valence electrons. The summed E-state index contributed by atoms with van der Waals surface area (Å²) in [6, 6.07) is 8.36. The van der Waals surface area contributed by atoms with Crippen LogP contribution < -0.4 is 10.2 Å². The highest BCUT2D eigenvalue weighted by atomic mass is 35.5. The van der Waals surface area contributed by atoms with Gasteiger partial charge in [0.05, 0.1) is 0 Å². The van der Waals surface area contributed by atoms with Crippen molar-refractivity contribution in [1.29, 1.82) is 0 Å². The van der Waals surface area contributed by atoms with Gasteiger partial charge in [0.15, 0.2) is 0 Å². The summed E-state index contributed by atoms with van der Waals surface area (Å²) in [4.78, 5) is 16.2. The minimum absolute atomic E-state index is 0. The first-order valence-electron chi connectivity index (χ1n) is 6.21. The molecule has 2 amide bonds. The molecule has 2 aliphatic rings. The molecule has 0 aromatic heterocycles. The number of para-hydroxylation sites is 1. The fourth-order valence-corrected chi connectivity index (χ4v) is 2.56. The number of nitrogens with zero attached hydrogens (tertiary/aromatic N) is 2. The molecule has 1 saturated heterocycles. The molecule has 1 aromatic carbocycles. The Balaban J connectivity index is 0.00000120. The number of hydrogen-bond donors (Lipinski definition) is 1. The van der Waals surface area contributed by atoms with E-state index >= 15 is 0 Å². The van der Waals surface area contributed by atoms with Crippen LogP contribution in [0.5, 0.6) is 0 Å². The lowest BCUT2D eigenvalue weighted by Crippen LogP contribution is -2.51. The lowest BCUT2D eigenvalue weighted by molar-refractivity contribution is 0.197. The zero-order valence-corrected chi connectivity index (χ0v) is 11.1. The van der Waals surface area contributed by atoms with Crippen LogP contribution in [0.2, 0.25) is 0 Å². The van der Waals surface area contributed by atoms with Crippen molar-refractivity contribution in [3.8, 4) is 0 Å². The summed E-state index contributed by atoms with van der Waals surface area (Å²) < 4.78 is 0. The zero-order chi connectivity index (χ0) is 11.7. The number of nitrogens with one attached hydrogen (secondary N) is 1. The van der Waals surface area contributed by atoms with E-state index in [1.54, 1.807) is 0 Å². The van der Waals surface area contributed by atoms with Gasteiger partial charge in [-0.2, -0.15) is 0 Å². The number of rotatable bonds is 0. The number of carbonyl (C=O) groups is 1. The third-order valence-electron chi connectivity index (χ3n) is 3.51. The molecule has 0 spiro atoms. The van der Waals surface area contributed by atoms with E-state index in [9.17, 15) is 4.79 Å². The Labute approximate surface area is 113 Å². The van der Waals surface area contributed by atoms with E-state index in [1.807, 2.05) is 28.0 Å². The molecule has 2 aliphatic heterocycles. The second kappa shape index (κ2) is 5.59. The molecular weight excluding hydrogens is 250 g/mol. The van der Waals surface area contributed by atoms with Crippen LogP contribution in [0.25, 0.3) is 0 Å². The van der Waals surface area contributed by atoms with Gasteiger partial charge in [0.2, 0.25) is 0 Å². The van der Waals surface area contributed by atoms with E-state index in [0.717, 1.165) is 44.8 Å². The van der Waals surface area contributed by atoms with E-state index < -0.39 is 0 Å². The molecule has 4 nitrogen and oxygen atoms in total. The monoisotopic (exact) mass is 267 g/mol. The van der Waals surface area contributed by atoms with Crippen molar-refractivity contribution >= 4 is 24.1 Å². The largest absolute Gasteiger partial charge is 0.324 e. The minimum Gasteiger partial charge on any atom is -0.322 e. The van der Waals surface area contributed by atoms with Gasteiger partial charge in [0.1, 0.15) is 0 Å². The van der Waals surface area contributed by atoms with Gasteiger partial charge in [-0.05, 0) is 18.1 Å². The van der Waals surface area contributed by atoms with Crippen LogP contribution in [-0.4, -0.2) is 43.7 Å². The normalized spacial score (nSPS) is 18.2. The molecule has 5 heteroatoms. The van der Waals surface area contributed by atoms with Crippen LogP contribution in [0, 0.1) is 0 Å².